The zero-order valence-corrected chi connectivity index (χ0v) is 20.7. The Bertz CT molecular complexity index is 1190. The fourth-order valence-electron chi connectivity index (χ4n) is 4.19. The van der Waals surface area contributed by atoms with Gasteiger partial charge in [-0.1, -0.05) is 60.7 Å². The molecule has 3 amide bonds. The average molecular weight is 492 g/mol. The van der Waals surface area contributed by atoms with Crippen molar-refractivity contribution in [3.63, 3.8) is 0 Å². The molecule has 1 aliphatic rings. The van der Waals surface area contributed by atoms with E-state index in [9.17, 15) is 14.4 Å². The van der Waals surface area contributed by atoms with E-state index >= 15 is 0 Å². The third kappa shape index (κ3) is 5.96. The van der Waals surface area contributed by atoms with Gasteiger partial charge in [0.15, 0.2) is 0 Å². The number of amides is 3. The normalized spacial score (nSPS) is 14.3. The number of benzene rings is 2. The van der Waals surface area contributed by atoms with Gasteiger partial charge in [-0.2, -0.15) is 0 Å². The fraction of sp³-hybridized carbons (Fsp3) is 0.296. The minimum atomic E-state index is -0.471. The minimum absolute atomic E-state index is 0.0480. The first-order valence-electron chi connectivity index (χ1n) is 11.6. The van der Waals surface area contributed by atoms with E-state index < -0.39 is 6.04 Å². The standard InChI is InChI=1S/C27H29N3O4S/c1-18-24(27(33)30-13-15-34-16-14-30)26(35-25(18)21-11-7-4-8-12-21)29-23(32)17-22(28-19(2)31)20-9-5-3-6-10-20/h3-12,22H,13-17H2,1-2H3,(H,28,31)(H,29,32). The summed E-state index contributed by atoms with van der Waals surface area (Å²) in [6.45, 7) is 5.38. The number of carbonyl (C=O) groups is 3. The second-order valence-electron chi connectivity index (χ2n) is 8.45. The highest BCUT2D eigenvalue weighted by atomic mass is 32.1. The average Bonchev–Trinajstić information content (AvgIpc) is 3.19. The van der Waals surface area contributed by atoms with E-state index in [1.807, 2.05) is 67.6 Å². The lowest BCUT2D eigenvalue weighted by atomic mass is 10.0. The Balaban J connectivity index is 1.63. The van der Waals surface area contributed by atoms with Crippen molar-refractivity contribution in [3.8, 4) is 10.4 Å². The Labute approximate surface area is 209 Å². The van der Waals surface area contributed by atoms with Gasteiger partial charge in [0.1, 0.15) is 5.00 Å². The third-order valence-corrected chi connectivity index (χ3v) is 7.17. The van der Waals surface area contributed by atoms with Gasteiger partial charge in [0.05, 0.1) is 31.2 Å². The van der Waals surface area contributed by atoms with Crippen molar-refractivity contribution in [1.29, 1.82) is 0 Å². The van der Waals surface area contributed by atoms with Gasteiger partial charge in [-0.25, -0.2) is 0 Å². The maximum absolute atomic E-state index is 13.5. The summed E-state index contributed by atoms with van der Waals surface area (Å²) in [7, 11) is 0. The van der Waals surface area contributed by atoms with E-state index in [1.54, 1.807) is 4.90 Å². The summed E-state index contributed by atoms with van der Waals surface area (Å²) in [6, 6.07) is 18.8. The Kier molecular flexibility index (Phi) is 7.94. The SMILES string of the molecule is CC(=O)NC(CC(=O)Nc1sc(-c2ccccc2)c(C)c1C(=O)N1CCOCC1)c1ccccc1. The molecule has 0 bridgehead atoms. The molecule has 2 aromatic carbocycles. The molecule has 3 aromatic rings. The second-order valence-corrected chi connectivity index (χ2v) is 9.47. The van der Waals surface area contributed by atoms with Crippen molar-refractivity contribution in [3.05, 3.63) is 77.4 Å². The molecule has 4 rings (SSSR count). The summed E-state index contributed by atoms with van der Waals surface area (Å²) < 4.78 is 5.41. The number of anilines is 1. The molecule has 0 aliphatic carbocycles. The van der Waals surface area contributed by atoms with E-state index in [1.165, 1.54) is 18.3 Å². The molecule has 182 valence electrons. The minimum Gasteiger partial charge on any atom is -0.378 e. The number of nitrogens with zero attached hydrogens (tertiary/aromatic N) is 1. The summed E-state index contributed by atoms with van der Waals surface area (Å²) >= 11 is 1.40. The van der Waals surface area contributed by atoms with Gasteiger partial charge in [-0.05, 0) is 23.6 Å². The van der Waals surface area contributed by atoms with Crippen molar-refractivity contribution in [1.82, 2.24) is 10.2 Å². The zero-order valence-electron chi connectivity index (χ0n) is 19.9. The smallest absolute Gasteiger partial charge is 0.257 e. The van der Waals surface area contributed by atoms with Crippen LogP contribution in [0.5, 0.6) is 0 Å². The highest BCUT2D eigenvalue weighted by Gasteiger charge is 2.28. The largest absolute Gasteiger partial charge is 0.378 e. The van der Waals surface area contributed by atoms with E-state index in [0.717, 1.165) is 21.6 Å². The molecule has 2 N–H and O–H groups in total. The lowest BCUT2D eigenvalue weighted by Crippen LogP contribution is -2.41. The maximum atomic E-state index is 13.5. The van der Waals surface area contributed by atoms with Crippen molar-refractivity contribution < 1.29 is 19.1 Å². The van der Waals surface area contributed by atoms with Gasteiger partial charge >= 0.3 is 0 Å². The molecule has 8 heteroatoms. The number of carbonyl (C=O) groups excluding carboxylic acids is 3. The predicted molar refractivity (Wildman–Crippen MR) is 137 cm³/mol. The molecule has 1 saturated heterocycles. The topological polar surface area (TPSA) is 87.7 Å². The third-order valence-electron chi connectivity index (χ3n) is 5.92. The van der Waals surface area contributed by atoms with E-state index in [4.69, 9.17) is 4.74 Å². The Morgan fingerprint density at radius 3 is 2.26 bits per heavy atom. The molecule has 35 heavy (non-hydrogen) atoms. The van der Waals surface area contributed by atoms with Crippen LogP contribution in [0.15, 0.2) is 60.7 Å². The molecule has 1 atom stereocenters. The molecule has 1 unspecified atom stereocenters. The highest BCUT2D eigenvalue weighted by molar-refractivity contribution is 7.20. The number of thiophene rings is 1. The highest BCUT2D eigenvalue weighted by Crippen LogP contribution is 2.40. The molecular weight excluding hydrogens is 462 g/mol. The molecule has 1 aromatic heterocycles. The Hall–Kier alpha value is -3.49. The molecule has 1 aliphatic heterocycles. The molecule has 0 radical (unpaired) electrons. The fourth-order valence-corrected chi connectivity index (χ4v) is 5.42. The number of nitrogens with one attached hydrogen (secondary N) is 2. The van der Waals surface area contributed by atoms with Crippen LogP contribution in [0, 0.1) is 6.92 Å². The summed E-state index contributed by atoms with van der Waals surface area (Å²) in [5, 5.41) is 6.37. The number of morpholine rings is 1. The van der Waals surface area contributed by atoms with Crippen LogP contribution in [0.25, 0.3) is 10.4 Å². The molecular formula is C27H29N3O4S. The van der Waals surface area contributed by atoms with Gasteiger partial charge in [-0.3, -0.25) is 14.4 Å². The lowest BCUT2D eigenvalue weighted by Gasteiger charge is -2.27. The summed E-state index contributed by atoms with van der Waals surface area (Å²) in [4.78, 5) is 41.2. The van der Waals surface area contributed by atoms with E-state index in [-0.39, 0.29) is 24.1 Å². The first kappa shape index (κ1) is 24.6. The maximum Gasteiger partial charge on any atom is 0.257 e. The van der Waals surface area contributed by atoms with Crippen LogP contribution in [0.2, 0.25) is 0 Å². The number of hydrogen-bond donors (Lipinski definition) is 2. The quantitative estimate of drug-likeness (QED) is 0.513. The molecule has 7 nitrogen and oxygen atoms in total. The van der Waals surface area contributed by atoms with Crippen molar-refractivity contribution in [2.24, 2.45) is 0 Å². The predicted octanol–water partition coefficient (Wildman–Crippen LogP) is 4.40. The van der Waals surface area contributed by atoms with Crippen LogP contribution in [-0.4, -0.2) is 48.9 Å². The first-order valence-corrected chi connectivity index (χ1v) is 12.4. The number of rotatable bonds is 7. The van der Waals surface area contributed by atoms with Gasteiger partial charge in [0.25, 0.3) is 5.91 Å². The van der Waals surface area contributed by atoms with Gasteiger partial charge in [-0.15, -0.1) is 11.3 Å². The van der Waals surface area contributed by atoms with Crippen LogP contribution in [0.4, 0.5) is 5.00 Å². The Morgan fingerprint density at radius 1 is 1.00 bits per heavy atom. The zero-order chi connectivity index (χ0) is 24.8. The molecule has 0 saturated carbocycles. The summed E-state index contributed by atoms with van der Waals surface area (Å²) in [5.74, 6) is -0.598. The number of hydrogen-bond acceptors (Lipinski definition) is 5. The van der Waals surface area contributed by atoms with Crippen LogP contribution in [0.1, 0.15) is 40.9 Å². The molecule has 1 fully saturated rings. The van der Waals surface area contributed by atoms with Crippen molar-refractivity contribution in [2.75, 3.05) is 31.6 Å². The second kappa shape index (κ2) is 11.3. The van der Waals surface area contributed by atoms with Gasteiger partial charge < -0.3 is 20.3 Å². The molecule has 0 spiro atoms. The van der Waals surface area contributed by atoms with E-state index in [0.29, 0.717) is 36.9 Å². The van der Waals surface area contributed by atoms with Crippen molar-refractivity contribution in [2.45, 2.75) is 26.3 Å². The van der Waals surface area contributed by atoms with Crippen molar-refractivity contribution >= 4 is 34.1 Å². The van der Waals surface area contributed by atoms with Gasteiger partial charge in [0.2, 0.25) is 11.8 Å². The first-order chi connectivity index (χ1) is 16.9. The van der Waals surface area contributed by atoms with E-state index in [2.05, 4.69) is 10.6 Å². The van der Waals surface area contributed by atoms with Crippen LogP contribution in [0.3, 0.4) is 0 Å². The monoisotopic (exact) mass is 491 g/mol. The molecule has 2 heterocycles. The lowest BCUT2D eigenvalue weighted by molar-refractivity contribution is -0.120. The summed E-state index contributed by atoms with van der Waals surface area (Å²) in [6.07, 6.45) is 0.0480. The number of ether oxygens (including phenoxy) is 1. The summed E-state index contributed by atoms with van der Waals surface area (Å²) in [5.41, 5.74) is 3.19. The van der Waals surface area contributed by atoms with Crippen LogP contribution in [-0.2, 0) is 14.3 Å². The van der Waals surface area contributed by atoms with Crippen LogP contribution < -0.4 is 10.6 Å². The van der Waals surface area contributed by atoms with Gasteiger partial charge in [0, 0.05) is 24.9 Å². The van der Waals surface area contributed by atoms with Crippen LogP contribution >= 0.6 is 11.3 Å². The Morgan fingerprint density at radius 2 is 1.63 bits per heavy atom.